The van der Waals surface area contributed by atoms with Gasteiger partial charge >= 0.3 is 0 Å². The Morgan fingerprint density at radius 2 is 2.18 bits per heavy atom. The summed E-state index contributed by atoms with van der Waals surface area (Å²) in [6.45, 7) is 3.91. The van der Waals surface area contributed by atoms with Crippen molar-refractivity contribution >= 4 is 0 Å². The van der Waals surface area contributed by atoms with Crippen molar-refractivity contribution in [2.45, 2.75) is 25.3 Å². The number of aromatic hydroxyl groups is 1. The number of phenols is 1. The van der Waals surface area contributed by atoms with Gasteiger partial charge in [-0.2, -0.15) is 0 Å². The van der Waals surface area contributed by atoms with Crippen LogP contribution in [0.1, 0.15) is 30.0 Å². The van der Waals surface area contributed by atoms with E-state index in [-0.39, 0.29) is 0 Å². The Morgan fingerprint density at radius 1 is 1.24 bits per heavy atom. The molecular formula is C14H19NO2. The number of nitrogens with zero attached hydrogens (tertiary/aromatic N) is 1. The van der Waals surface area contributed by atoms with Crippen LogP contribution in [0.3, 0.4) is 0 Å². The van der Waals surface area contributed by atoms with Gasteiger partial charge in [0, 0.05) is 25.7 Å². The van der Waals surface area contributed by atoms with Gasteiger partial charge in [0.25, 0.3) is 0 Å². The summed E-state index contributed by atoms with van der Waals surface area (Å²) < 4.78 is 5.51. The van der Waals surface area contributed by atoms with Crippen molar-refractivity contribution in [3.8, 4) is 5.75 Å². The van der Waals surface area contributed by atoms with Crippen LogP contribution in [0.4, 0.5) is 0 Å². The maximum atomic E-state index is 9.50. The molecule has 1 unspecified atom stereocenters. The molecule has 0 radical (unpaired) electrons. The predicted octanol–water partition coefficient (Wildman–Crippen LogP) is 2.10. The topological polar surface area (TPSA) is 32.7 Å². The molecule has 2 aliphatic rings. The van der Waals surface area contributed by atoms with Gasteiger partial charge in [-0.05, 0) is 42.5 Å². The van der Waals surface area contributed by atoms with Crippen molar-refractivity contribution in [1.82, 2.24) is 4.90 Å². The van der Waals surface area contributed by atoms with Gasteiger partial charge in [0.2, 0.25) is 0 Å². The minimum absolute atomic E-state index is 0.392. The lowest BCUT2D eigenvalue weighted by Crippen LogP contribution is -2.29. The Hall–Kier alpha value is -1.06. The average molecular weight is 233 g/mol. The highest BCUT2D eigenvalue weighted by Crippen LogP contribution is 2.37. The van der Waals surface area contributed by atoms with E-state index in [1.165, 1.54) is 17.5 Å². The van der Waals surface area contributed by atoms with E-state index in [0.717, 1.165) is 39.1 Å². The van der Waals surface area contributed by atoms with Crippen LogP contribution in [0.15, 0.2) is 18.2 Å². The van der Waals surface area contributed by atoms with Crippen molar-refractivity contribution in [3.63, 3.8) is 0 Å². The normalized spacial score (nSPS) is 25.5. The molecule has 1 saturated heterocycles. The highest BCUT2D eigenvalue weighted by Gasteiger charge is 2.28. The SMILES string of the molecule is Oc1ccc2c(c1)CCC2N1CCCOCC1. The Morgan fingerprint density at radius 3 is 3.12 bits per heavy atom. The maximum absolute atomic E-state index is 9.50. The molecule has 3 rings (SSSR count). The van der Waals surface area contributed by atoms with Gasteiger partial charge in [-0.3, -0.25) is 4.90 Å². The second-order valence-electron chi connectivity index (χ2n) is 4.94. The molecule has 3 heteroatoms. The van der Waals surface area contributed by atoms with Gasteiger partial charge in [-0.15, -0.1) is 0 Å². The zero-order valence-corrected chi connectivity index (χ0v) is 10.1. The summed E-state index contributed by atoms with van der Waals surface area (Å²) in [4.78, 5) is 2.54. The van der Waals surface area contributed by atoms with Crippen molar-refractivity contribution in [2.24, 2.45) is 0 Å². The molecule has 1 aromatic rings. The Balaban J connectivity index is 1.82. The van der Waals surface area contributed by atoms with E-state index in [4.69, 9.17) is 4.74 Å². The molecule has 92 valence electrons. The molecule has 0 saturated carbocycles. The fourth-order valence-electron chi connectivity index (χ4n) is 3.04. The Kier molecular flexibility index (Phi) is 3.04. The number of aryl methyl sites for hydroxylation is 1. The lowest BCUT2D eigenvalue weighted by molar-refractivity contribution is 0.131. The van der Waals surface area contributed by atoms with Crippen LogP contribution >= 0.6 is 0 Å². The molecule has 1 fully saturated rings. The molecule has 0 amide bonds. The van der Waals surface area contributed by atoms with Crippen LogP contribution in [0.25, 0.3) is 0 Å². The van der Waals surface area contributed by atoms with Gasteiger partial charge in [0.05, 0.1) is 6.61 Å². The van der Waals surface area contributed by atoms with E-state index in [1.54, 1.807) is 0 Å². The first-order valence-corrected chi connectivity index (χ1v) is 6.48. The van der Waals surface area contributed by atoms with Gasteiger partial charge in [-0.25, -0.2) is 0 Å². The van der Waals surface area contributed by atoms with Crippen LogP contribution in [0.2, 0.25) is 0 Å². The first kappa shape index (κ1) is 11.1. The average Bonchev–Trinajstić information content (AvgIpc) is 2.57. The van der Waals surface area contributed by atoms with E-state index in [2.05, 4.69) is 11.0 Å². The van der Waals surface area contributed by atoms with E-state index >= 15 is 0 Å². The summed E-state index contributed by atoms with van der Waals surface area (Å²) in [6.07, 6.45) is 3.40. The van der Waals surface area contributed by atoms with Crippen LogP contribution in [-0.4, -0.2) is 36.3 Å². The molecule has 1 atom stereocenters. The second-order valence-corrected chi connectivity index (χ2v) is 4.94. The summed E-state index contributed by atoms with van der Waals surface area (Å²) in [5.74, 6) is 0.392. The molecule has 1 N–H and O–H groups in total. The zero-order chi connectivity index (χ0) is 11.7. The summed E-state index contributed by atoms with van der Waals surface area (Å²) in [5, 5.41) is 9.50. The number of ether oxygens (including phenoxy) is 1. The summed E-state index contributed by atoms with van der Waals surface area (Å²) >= 11 is 0. The molecule has 0 spiro atoms. The molecular weight excluding hydrogens is 214 g/mol. The lowest BCUT2D eigenvalue weighted by atomic mass is 10.1. The third-order valence-electron chi connectivity index (χ3n) is 3.87. The van der Waals surface area contributed by atoms with Crippen LogP contribution in [-0.2, 0) is 11.2 Å². The molecule has 1 heterocycles. The van der Waals surface area contributed by atoms with Crippen molar-refractivity contribution in [3.05, 3.63) is 29.3 Å². The first-order chi connectivity index (χ1) is 8.34. The van der Waals surface area contributed by atoms with Crippen molar-refractivity contribution < 1.29 is 9.84 Å². The standard InChI is InChI=1S/C14H19NO2/c16-12-3-4-13-11(10-12)2-5-14(13)15-6-1-8-17-9-7-15/h3-4,10,14,16H,1-2,5-9H2. The molecule has 0 aromatic heterocycles. The summed E-state index contributed by atoms with van der Waals surface area (Å²) in [7, 11) is 0. The molecule has 1 aromatic carbocycles. The number of phenolic OH excluding ortho intramolecular Hbond substituents is 1. The van der Waals surface area contributed by atoms with E-state index in [1.807, 2.05) is 12.1 Å². The van der Waals surface area contributed by atoms with Crippen LogP contribution < -0.4 is 0 Å². The van der Waals surface area contributed by atoms with Crippen molar-refractivity contribution in [2.75, 3.05) is 26.3 Å². The van der Waals surface area contributed by atoms with E-state index < -0.39 is 0 Å². The van der Waals surface area contributed by atoms with Crippen LogP contribution in [0.5, 0.6) is 5.75 Å². The summed E-state index contributed by atoms with van der Waals surface area (Å²) in [5.41, 5.74) is 2.73. The second kappa shape index (κ2) is 4.67. The van der Waals surface area contributed by atoms with E-state index in [9.17, 15) is 5.11 Å². The third kappa shape index (κ3) is 2.17. The highest BCUT2D eigenvalue weighted by atomic mass is 16.5. The van der Waals surface area contributed by atoms with Gasteiger partial charge < -0.3 is 9.84 Å². The fourth-order valence-corrected chi connectivity index (χ4v) is 3.04. The number of hydrogen-bond acceptors (Lipinski definition) is 3. The molecule has 1 aliphatic carbocycles. The molecule has 17 heavy (non-hydrogen) atoms. The van der Waals surface area contributed by atoms with Gasteiger partial charge in [0.1, 0.15) is 5.75 Å². The number of hydrogen-bond donors (Lipinski definition) is 1. The Bertz CT molecular complexity index is 397. The van der Waals surface area contributed by atoms with Gasteiger partial charge in [0.15, 0.2) is 0 Å². The largest absolute Gasteiger partial charge is 0.508 e. The van der Waals surface area contributed by atoms with E-state index in [0.29, 0.717) is 11.8 Å². The smallest absolute Gasteiger partial charge is 0.115 e. The number of fused-ring (bicyclic) bond motifs is 1. The minimum Gasteiger partial charge on any atom is -0.508 e. The predicted molar refractivity (Wildman–Crippen MR) is 66.2 cm³/mol. The lowest BCUT2D eigenvalue weighted by Gasteiger charge is -2.27. The molecule has 0 bridgehead atoms. The molecule has 1 aliphatic heterocycles. The van der Waals surface area contributed by atoms with Crippen LogP contribution in [0, 0.1) is 0 Å². The quantitative estimate of drug-likeness (QED) is 0.806. The molecule has 3 nitrogen and oxygen atoms in total. The summed E-state index contributed by atoms with van der Waals surface area (Å²) in [6, 6.07) is 6.36. The third-order valence-corrected chi connectivity index (χ3v) is 3.87. The minimum atomic E-state index is 0.392. The van der Waals surface area contributed by atoms with Crippen molar-refractivity contribution in [1.29, 1.82) is 0 Å². The zero-order valence-electron chi connectivity index (χ0n) is 10.1. The maximum Gasteiger partial charge on any atom is 0.115 e. The Labute approximate surface area is 102 Å². The first-order valence-electron chi connectivity index (χ1n) is 6.48. The number of rotatable bonds is 1. The monoisotopic (exact) mass is 233 g/mol. The fraction of sp³-hybridized carbons (Fsp3) is 0.571. The highest BCUT2D eigenvalue weighted by molar-refractivity contribution is 5.40. The number of benzene rings is 1. The van der Waals surface area contributed by atoms with Gasteiger partial charge in [-0.1, -0.05) is 6.07 Å².